The van der Waals surface area contributed by atoms with Crippen LogP contribution >= 0.6 is 0 Å². The average Bonchev–Trinajstić information content (AvgIpc) is 2.84. The van der Waals surface area contributed by atoms with Gasteiger partial charge in [-0.3, -0.25) is 0 Å². The molecule has 102 valence electrons. The second kappa shape index (κ2) is 6.53. The largest absolute Gasteiger partial charge is 0.441 e. The van der Waals surface area contributed by atoms with Gasteiger partial charge in [0, 0.05) is 18.0 Å². The molecule has 0 aliphatic carbocycles. The van der Waals surface area contributed by atoms with Crippen LogP contribution in [0.4, 0.5) is 0 Å². The van der Waals surface area contributed by atoms with Crippen LogP contribution in [0.25, 0.3) is 11.3 Å². The van der Waals surface area contributed by atoms with Gasteiger partial charge in [0.05, 0.1) is 6.20 Å². The normalized spacial score (nSPS) is 11.2. The fourth-order valence-corrected chi connectivity index (χ4v) is 1.91. The molecule has 0 saturated heterocycles. The van der Waals surface area contributed by atoms with Gasteiger partial charge in [0.1, 0.15) is 0 Å². The number of aryl methyl sites for hydroxylation is 2. The molecule has 1 N–H and O–H groups in total. The van der Waals surface area contributed by atoms with Crippen LogP contribution in [-0.2, 0) is 6.42 Å². The van der Waals surface area contributed by atoms with Gasteiger partial charge in [0.15, 0.2) is 11.7 Å². The molecule has 0 unspecified atom stereocenters. The fourth-order valence-electron chi connectivity index (χ4n) is 1.91. The van der Waals surface area contributed by atoms with Crippen molar-refractivity contribution in [3.05, 3.63) is 41.9 Å². The van der Waals surface area contributed by atoms with Crippen molar-refractivity contribution < 1.29 is 4.42 Å². The standard InChI is InChI=1S/C16H22N2O/c1-12(2)17-10-4-5-16-18-11-15(19-16)14-8-6-13(3)7-9-14/h6-9,11-12,17H,4-5,10H2,1-3H3. The summed E-state index contributed by atoms with van der Waals surface area (Å²) in [5.74, 6) is 1.67. The Morgan fingerprint density at radius 2 is 1.95 bits per heavy atom. The van der Waals surface area contributed by atoms with Crippen LogP contribution in [0.3, 0.4) is 0 Å². The van der Waals surface area contributed by atoms with Gasteiger partial charge < -0.3 is 9.73 Å². The third-order valence-electron chi connectivity index (χ3n) is 3.01. The number of benzene rings is 1. The minimum absolute atomic E-state index is 0.535. The first-order valence-corrected chi connectivity index (χ1v) is 6.90. The molecule has 0 saturated carbocycles. The highest BCUT2D eigenvalue weighted by Crippen LogP contribution is 2.21. The van der Waals surface area contributed by atoms with Gasteiger partial charge in [-0.2, -0.15) is 0 Å². The summed E-state index contributed by atoms with van der Waals surface area (Å²) in [7, 11) is 0. The lowest BCUT2D eigenvalue weighted by molar-refractivity contribution is 0.484. The van der Waals surface area contributed by atoms with E-state index in [1.54, 1.807) is 0 Å². The minimum Gasteiger partial charge on any atom is -0.441 e. The third-order valence-corrected chi connectivity index (χ3v) is 3.01. The topological polar surface area (TPSA) is 38.1 Å². The lowest BCUT2D eigenvalue weighted by Gasteiger charge is -2.05. The molecule has 2 rings (SSSR count). The third kappa shape index (κ3) is 4.21. The predicted molar refractivity (Wildman–Crippen MR) is 78.1 cm³/mol. The van der Waals surface area contributed by atoms with Gasteiger partial charge in [-0.1, -0.05) is 43.7 Å². The molecule has 2 aromatic rings. The molecule has 3 heteroatoms. The van der Waals surface area contributed by atoms with E-state index in [-0.39, 0.29) is 0 Å². The molecule has 1 aromatic carbocycles. The smallest absolute Gasteiger partial charge is 0.194 e. The molecule has 0 atom stereocenters. The molecule has 0 amide bonds. The van der Waals surface area contributed by atoms with Crippen molar-refractivity contribution in [3.63, 3.8) is 0 Å². The van der Waals surface area contributed by atoms with E-state index >= 15 is 0 Å². The van der Waals surface area contributed by atoms with Gasteiger partial charge in [-0.25, -0.2) is 4.98 Å². The number of rotatable bonds is 6. The number of hydrogen-bond acceptors (Lipinski definition) is 3. The van der Waals surface area contributed by atoms with Crippen LogP contribution in [0.15, 0.2) is 34.9 Å². The Morgan fingerprint density at radius 1 is 1.21 bits per heavy atom. The van der Waals surface area contributed by atoms with Gasteiger partial charge in [-0.15, -0.1) is 0 Å². The zero-order chi connectivity index (χ0) is 13.7. The van der Waals surface area contributed by atoms with Crippen molar-refractivity contribution in [3.8, 4) is 11.3 Å². The molecule has 1 heterocycles. The zero-order valence-electron chi connectivity index (χ0n) is 11.9. The Kier molecular flexibility index (Phi) is 4.74. The Labute approximate surface area is 115 Å². The van der Waals surface area contributed by atoms with Crippen molar-refractivity contribution in [2.24, 2.45) is 0 Å². The van der Waals surface area contributed by atoms with Crippen molar-refractivity contribution in [1.82, 2.24) is 10.3 Å². The molecule has 0 fully saturated rings. The van der Waals surface area contributed by atoms with E-state index in [1.165, 1.54) is 5.56 Å². The molecule has 0 aliphatic heterocycles. The molecular formula is C16H22N2O. The van der Waals surface area contributed by atoms with E-state index in [0.717, 1.165) is 36.6 Å². The summed E-state index contributed by atoms with van der Waals surface area (Å²) in [5.41, 5.74) is 2.34. The summed E-state index contributed by atoms with van der Waals surface area (Å²) in [6, 6.07) is 8.85. The quantitative estimate of drug-likeness (QED) is 0.805. The molecule has 0 aliphatic rings. The molecular weight excluding hydrogens is 236 g/mol. The predicted octanol–water partition coefficient (Wildman–Crippen LogP) is 3.58. The van der Waals surface area contributed by atoms with Gasteiger partial charge >= 0.3 is 0 Å². The van der Waals surface area contributed by atoms with E-state index in [9.17, 15) is 0 Å². The summed E-state index contributed by atoms with van der Waals surface area (Å²) in [4.78, 5) is 4.34. The molecule has 1 aromatic heterocycles. The number of oxazole rings is 1. The van der Waals surface area contributed by atoms with Crippen molar-refractivity contribution >= 4 is 0 Å². The Morgan fingerprint density at radius 3 is 2.63 bits per heavy atom. The zero-order valence-corrected chi connectivity index (χ0v) is 11.9. The number of nitrogens with zero attached hydrogens (tertiary/aromatic N) is 1. The first-order chi connectivity index (χ1) is 9.15. The molecule has 0 radical (unpaired) electrons. The highest BCUT2D eigenvalue weighted by atomic mass is 16.4. The molecule has 3 nitrogen and oxygen atoms in total. The van der Waals surface area contributed by atoms with E-state index < -0.39 is 0 Å². The first-order valence-electron chi connectivity index (χ1n) is 6.90. The Hall–Kier alpha value is -1.61. The maximum absolute atomic E-state index is 5.78. The second-order valence-corrected chi connectivity index (χ2v) is 5.20. The fraction of sp³-hybridized carbons (Fsp3) is 0.438. The SMILES string of the molecule is Cc1ccc(-c2cnc(CCCNC(C)C)o2)cc1. The van der Waals surface area contributed by atoms with E-state index in [0.29, 0.717) is 6.04 Å². The van der Waals surface area contributed by atoms with Crippen LogP contribution in [0.2, 0.25) is 0 Å². The number of nitrogens with one attached hydrogen (secondary N) is 1. The first kappa shape index (κ1) is 13.8. The van der Waals surface area contributed by atoms with Crippen LogP contribution in [0.5, 0.6) is 0 Å². The highest BCUT2D eigenvalue weighted by molar-refractivity contribution is 5.56. The molecule has 0 bridgehead atoms. The van der Waals surface area contributed by atoms with Crippen molar-refractivity contribution in [2.45, 2.75) is 39.7 Å². The Balaban J connectivity index is 1.90. The average molecular weight is 258 g/mol. The maximum Gasteiger partial charge on any atom is 0.194 e. The summed E-state index contributed by atoms with van der Waals surface area (Å²) in [6.45, 7) is 7.39. The van der Waals surface area contributed by atoms with Crippen LogP contribution in [-0.4, -0.2) is 17.6 Å². The van der Waals surface area contributed by atoms with Crippen molar-refractivity contribution in [1.29, 1.82) is 0 Å². The summed E-state index contributed by atoms with van der Waals surface area (Å²) < 4.78 is 5.78. The van der Waals surface area contributed by atoms with Crippen molar-refractivity contribution in [2.75, 3.05) is 6.54 Å². The minimum atomic E-state index is 0.535. The Bertz CT molecular complexity index is 500. The number of hydrogen-bond donors (Lipinski definition) is 1. The van der Waals surface area contributed by atoms with Gasteiger partial charge in [-0.05, 0) is 19.9 Å². The second-order valence-electron chi connectivity index (χ2n) is 5.20. The lowest BCUT2D eigenvalue weighted by atomic mass is 10.1. The molecule has 0 spiro atoms. The summed E-state index contributed by atoms with van der Waals surface area (Å²) >= 11 is 0. The maximum atomic E-state index is 5.78. The van der Waals surface area contributed by atoms with Crippen LogP contribution in [0, 0.1) is 6.92 Å². The van der Waals surface area contributed by atoms with Gasteiger partial charge in [0.2, 0.25) is 0 Å². The van der Waals surface area contributed by atoms with Crippen LogP contribution in [0.1, 0.15) is 31.7 Å². The highest BCUT2D eigenvalue weighted by Gasteiger charge is 2.06. The lowest BCUT2D eigenvalue weighted by Crippen LogP contribution is -2.23. The summed E-state index contributed by atoms with van der Waals surface area (Å²) in [5, 5.41) is 3.39. The number of aromatic nitrogens is 1. The van der Waals surface area contributed by atoms with Crippen LogP contribution < -0.4 is 5.32 Å². The molecule has 19 heavy (non-hydrogen) atoms. The van der Waals surface area contributed by atoms with Gasteiger partial charge in [0.25, 0.3) is 0 Å². The van der Waals surface area contributed by atoms with E-state index in [4.69, 9.17) is 4.42 Å². The summed E-state index contributed by atoms with van der Waals surface area (Å²) in [6.07, 6.45) is 3.74. The van der Waals surface area contributed by atoms with E-state index in [1.807, 2.05) is 6.20 Å². The van der Waals surface area contributed by atoms with E-state index in [2.05, 4.69) is 55.3 Å². The monoisotopic (exact) mass is 258 g/mol.